The van der Waals surface area contributed by atoms with E-state index in [0.29, 0.717) is 6.54 Å². The number of aromatic nitrogens is 1. The average Bonchev–Trinajstić information content (AvgIpc) is 2.77. The topological polar surface area (TPSA) is 45.7 Å². The van der Waals surface area contributed by atoms with Crippen LogP contribution in [0.5, 0.6) is 0 Å². The molecule has 0 unspecified atom stereocenters. The second-order valence-electron chi connectivity index (χ2n) is 5.53. The molecule has 0 bridgehead atoms. The average molecular weight is 261 g/mol. The lowest BCUT2D eigenvalue weighted by molar-refractivity contribution is 0.170. The highest BCUT2D eigenvalue weighted by molar-refractivity contribution is 5.91. The van der Waals surface area contributed by atoms with Crippen molar-refractivity contribution in [1.82, 2.24) is 9.88 Å². The highest BCUT2D eigenvalue weighted by Gasteiger charge is 2.46. The van der Waals surface area contributed by atoms with Crippen LogP contribution in [0.3, 0.4) is 0 Å². The first-order valence-corrected chi connectivity index (χ1v) is 6.65. The number of nitrogens with zero attached hydrogens (tertiary/aromatic N) is 3. The maximum atomic E-state index is 11.9. The van der Waals surface area contributed by atoms with Crippen molar-refractivity contribution in [1.29, 1.82) is 0 Å². The maximum Gasteiger partial charge on any atom is 0.414 e. The summed E-state index contributed by atoms with van der Waals surface area (Å²) in [5.41, 5.74) is 2.25. The number of rotatable bonds is 0. The van der Waals surface area contributed by atoms with Crippen molar-refractivity contribution in [3.05, 3.63) is 24.0 Å². The van der Waals surface area contributed by atoms with E-state index in [1.165, 1.54) is 12.7 Å². The second kappa shape index (κ2) is 4.49. The zero-order chi connectivity index (χ0) is 13.5. The van der Waals surface area contributed by atoms with E-state index in [2.05, 4.69) is 23.0 Å². The first-order valence-electron chi connectivity index (χ1n) is 6.65. The lowest BCUT2D eigenvalue weighted by atomic mass is 9.74. The van der Waals surface area contributed by atoms with E-state index >= 15 is 0 Å². The zero-order valence-corrected chi connectivity index (χ0v) is 11.4. The van der Waals surface area contributed by atoms with Crippen molar-refractivity contribution < 1.29 is 9.53 Å². The summed E-state index contributed by atoms with van der Waals surface area (Å²) in [5.74, 6) is 0. The maximum absolute atomic E-state index is 11.9. The van der Waals surface area contributed by atoms with Crippen LogP contribution in [0.1, 0.15) is 18.4 Å². The van der Waals surface area contributed by atoms with Gasteiger partial charge in [0.1, 0.15) is 0 Å². The van der Waals surface area contributed by atoms with E-state index in [9.17, 15) is 4.79 Å². The third kappa shape index (κ3) is 1.89. The number of anilines is 1. The second-order valence-corrected chi connectivity index (χ2v) is 5.53. The Bertz CT molecular complexity index is 495. The molecule has 0 aliphatic carbocycles. The number of fused-ring (bicyclic) bond motifs is 2. The standard InChI is InChI=1S/C14H19N3O2/c1-16-7-4-14(5-8-16)10-17(13(18)19-2)12-9-15-6-3-11(12)14/h3,6,9H,4-5,7-8,10H2,1-2H3. The molecule has 0 N–H and O–H groups in total. The van der Waals surface area contributed by atoms with Gasteiger partial charge in [0.25, 0.3) is 0 Å². The molecule has 5 nitrogen and oxygen atoms in total. The first-order chi connectivity index (χ1) is 9.16. The van der Waals surface area contributed by atoms with Crippen molar-refractivity contribution in [2.45, 2.75) is 18.3 Å². The van der Waals surface area contributed by atoms with Crippen molar-refractivity contribution >= 4 is 11.8 Å². The summed E-state index contributed by atoms with van der Waals surface area (Å²) in [6, 6.07) is 2.06. The molecule has 19 heavy (non-hydrogen) atoms. The number of likely N-dealkylation sites (tertiary alicyclic amines) is 1. The molecule has 0 saturated carbocycles. The Morgan fingerprint density at radius 1 is 1.42 bits per heavy atom. The van der Waals surface area contributed by atoms with E-state index in [4.69, 9.17) is 4.74 Å². The number of amides is 1. The minimum atomic E-state index is -0.287. The first kappa shape index (κ1) is 12.4. The van der Waals surface area contributed by atoms with Crippen LogP contribution in [-0.2, 0) is 10.2 Å². The van der Waals surface area contributed by atoms with Gasteiger partial charge in [-0.15, -0.1) is 0 Å². The van der Waals surface area contributed by atoms with E-state index < -0.39 is 0 Å². The van der Waals surface area contributed by atoms with Gasteiger partial charge in [-0.2, -0.15) is 0 Å². The SMILES string of the molecule is COC(=O)N1CC2(CCN(C)CC2)c2ccncc21. The van der Waals surface area contributed by atoms with Gasteiger partial charge in [0.15, 0.2) is 0 Å². The normalized spacial score (nSPS) is 21.5. The highest BCUT2D eigenvalue weighted by Crippen LogP contribution is 2.46. The monoisotopic (exact) mass is 261 g/mol. The molecule has 2 aliphatic heterocycles. The Morgan fingerprint density at radius 2 is 2.16 bits per heavy atom. The number of hydrogen-bond acceptors (Lipinski definition) is 4. The molecule has 1 amide bonds. The van der Waals surface area contributed by atoms with Crippen molar-refractivity contribution in [2.75, 3.05) is 38.7 Å². The highest BCUT2D eigenvalue weighted by atomic mass is 16.5. The van der Waals surface area contributed by atoms with E-state index in [1.54, 1.807) is 11.1 Å². The molecule has 1 aromatic heterocycles. The number of ether oxygens (including phenoxy) is 1. The predicted octanol–water partition coefficient (Wildman–Crippen LogP) is 1.63. The molecule has 0 aromatic carbocycles. The van der Waals surface area contributed by atoms with Crippen LogP contribution in [-0.4, -0.2) is 49.8 Å². The molecule has 5 heteroatoms. The molecular formula is C14H19N3O2. The number of piperidine rings is 1. The summed E-state index contributed by atoms with van der Waals surface area (Å²) in [4.78, 5) is 20.2. The Hall–Kier alpha value is -1.62. The van der Waals surface area contributed by atoms with Gasteiger partial charge in [-0.25, -0.2) is 4.79 Å². The van der Waals surface area contributed by atoms with E-state index in [-0.39, 0.29) is 11.5 Å². The Balaban J connectivity index is 1.99. The minimum Gasteiger partial charge on any atom is -0.452 e. The molecule has 1 aromatic rings. The van der Waals surface area contributed by atoms with Gasteiger partial charge in [0.2, 0.25) is 0 Å². The fourth-order valence-electron chi connectivity index (χ4n) is 3.27. The summed E-state index contributed by atoms with van der Waals surface area (Å²) < 4.78 is 4.89. The Labute approximate surface area is 113 Å². The van der Waals surface area contributed by atoms with Crippen LogP contribution >= 0.6 is 0 Å². The summed E-state index contributed by atoms with van der Waals surface area (Å²) in [5, 5.41) is 0. The molecule has 1 fully saturated rings. The molecule has 0 radical (unpaired) electrons. The zero-order valence-electron chi connectivity index (χ0n) is 11.4. The molecule has 1 spiro atoms. The van der Waals surface area contributed by atoms with Gasteiger partial charge in [-0.3, -0.25) is 9.88 Å². The van der Waals surface area contributed by atoms with Gasteiger partial charge < -0.3 is 9.64 Å². The molecule has 102 valence electrons. The fourth-order valence-corrected chi connectivity index (χ4v) is 3.27. The number of carbonyl (C=O) groups is 1. The smallest absolute Gasteiger partial charge is 0.414 e. The van der Waals surface area contributed by atoms with Gasteiger partial charge in [0.05, 0.1) is 19.0 Å². The number of carbonyl (C=O) groups excluding carboxylic acids is 1. The predicted molar refractivity (Wildman–Crippen MR) is 72.4 cm³/mol. The van der Waals surface area contributed by atoms with Crippen LogP contribution < -0.4 is 4.90 Å². The van der Waals surface area contributed by atoms with Crippen LogP contribution in [0.25, 0.3) is 0 Å². The molecule has 1 saturated heterocycles. The number of hydrogen-bond donors (Lipinski definition) is 0. The number of pyridine rings is 1. The quantitative estimate of drug-likeness (QED) is 0.712. The Morgan fingerprint density at radius 3 is 2.84 bits per heavy atom. The largest absolute Gasteiger partial charge is 0.452 e. The summed E-state index contributed by atoms with van der Waals surface area (Å²) in [7, 11) is 3.57. The molecular weight excluding hydrogens is 242 g/mol. The van der Waals surface area contributed by atoms with E-state index in [1.807, 2.05) is 6.20 Å². The lowest BCUT2D eigenvalue weighted by Gasteiger charge is -2.38. The summed E-state index contributed by atoms with van der Waals surface area (Å²) in [6.45, 7) is 2.85. The van der Waals surface area contributed by atoms with Crippen LogP contribution in [0.2, 0.25) is 0 Å². The van der Waals surface area contributed by atoms with Gasteiger partial charge >= 0.3 is 6.09 Å². The van der Waals surface area contributed by atoms with Gasteiger partial charge in [-0.1, -0.05) is 0 Å². The number of methoxy groups -OCH3 is 1. The molecule has 3 heterocycles. The summed E-state index contributed by atoms with van der Waals surface area (Å²) >= 11 is 0. The molecule has 3 rings (SSSR count). The third-order valence-electron chi connectivity index (χ3n) is 4.46. The van der Waals surface area contributed by atoms with E-state index in [0.717, 1.165) is 31.6 Å². The third-order valence-corrected chi connectivity index (χ3v) is 4.46. The van der Waals surface area contributed by atoms with Crippen molar-refractivity contribution in [3.63, 3.8) is 0 Å². The van der Waals surface area contributed by atoms with Gasteiger partial charge in [-0.05, 0) is 44.6 Å². The molecule has 2 aliphatic rings. The van der Waals surface area contributed by atoms with Crippen LogP contribution in [0.4, 0.5) is 10.5 Å². The minimum absolute atomic E-state index is 0.0823. The fraction of sp³-hybridized carbons (Fsp3) is 0.571. The summed E-state index contributed by atoms with van der Waals surface area (Å²) in [6.07, 6.45) is 5.46. The Kier molecular flexibility index (Phi) is 2.93. The lowest BCUT2D eigenvalue weighted by Crippen LogP contribution is -2.44. The van der Waals surface area contributed by atoms with Crippen LogP contribution in [0, 0.1) is 0 Å². The van der Waals surface area contributed by atoms with Crippen LogP contribution in [0.15, 0.2) is 18.5 Å². The van der Waals surface area contributed by atoms with Crippen molar-refractivity contribution in [3.8, 4) is 0 Å². The molecule has 0 atom stereocenters. The van der Waals surface area contributed by atoms with Crippen molar-refractivity contribution in [2.24, 2.45) is 0 Å². The van der Waals surface area contributed by atoms with Gasteiger partial charge in [0, 0.05) is 18.2 Å².